The van der Waals surface area contributed by atoms with Gasteiger partial charge < -0.3 is 14.3 Å². The van der Waals surface area contributed by atoms with Crippen molar-refractivity contribution in [3.63, 3.8) is 0 Å². The van der Waals surface area contributed by atoms with E-state index in [4.69, 9.17) is 4.42 Å². The molecule has 0 fully saturated rings. The van der Waals surface area contributed by atoms with Crippen LogP contribution >= 0.6 is 0 Å². The quantitative estimate of drug-likeness (QED) is 0.732. The number of nitrogens with one attached hydrogen (secondary N) is 1. The number of nitrogens with zero attached hydrogens (tertiary/aromatic N) is 2. The van der Waals surface area contributed by atoms with Gasteiger partial charge in [0.05, 0.1) is 29.2 Å². The van der Waals surface area contributed by atoms with E-state index in [0.717, 1.165) is 24.0 Å². The van der Waals surface area contributed by atoms with Crippen LogP contribution < -0.4 is 5.32 Å². The minimum absolute atomic E-state index is 0.0864. The lowest BCUT2D eigenvalue weighted by Gasteiger charge is -2.06. The lowest BCUT2D eigenvalue weighted by molar-refractivity contribution is 0.0951. The van der Waals surface area contributed by atoms with E-state index < -0.39 is 0 Å². The molecule has 0 aliphatic carbocycles. The molecule has 0 atom stereocenters. The van der Waals surface area contributed by atoms with Crippen LogP contribution in [-0.2, 0) is 6.54 Å². The molecule has 0 spiro atoms. The summed E-state index contributed by atoms with van der Waals surface area (Å²) < 4.78 is 7.23. The second-order valence-corrected chi connectivity index (χ2v) is 4.93. The number of hydrogen-bond donors (Lipinski definition) is 1. The Bertz CT molecular complexity index is 758. The molecule has 0 saturated heterocycles. The summed E-state index contributed by atoms with van der Waals surface area (Å²) in [6.45, 7) is 3.23. The molecule has 2 aromatic heterocycles. The number of benzene rings is 1. The molecule has 108 valence electrons. The SMILES string of the molecule is Cc1occc1C(=O)NCCCn1cnc2ccccc21. The first-order valence-electron chi connectivity index (χ1n) is 6.98. The van der Waals surface area contributed by atoms with E-state index in [0.29, 0.717) is 17.9 Å². The van der Waals surface area contributed by atoms with Gasteiger partial charge >= 0.3 is 0 Å². The molecule has 3 aromatic rings. The van der Waals surface area contributed by atoms with Gasteiger partial charge in [-0.05, 0) is 31.5 Å². The Morgan fingerprint density at radius 3 is 3.00 bits per heavy atom. The maximum absolute atomic E-state index is 11.9. The first-order chi connectivity index (χ1) is 10.3. The third-order valence-electron chi connectivity index (χ3n) is 3.49. The van der Waals surface area contributed by atoms with Gasteiger partial charge in [0.2, 0.25) is 0 Å². The van der Waals surface area contributed by atoms with Crippen LogP contribution in [0.3, 0.4) is 0 Å². The number of imidazole rings is 1. The van der Waals surface area contributed by atoms with Crippen LogP contribution in [0.25, 0.3) is 11.0 Å². The Labute approximate surface area is 122 Å². The van der Waals surface area contributed by atoms with E-state index in [2.05, 4.69) is 20.9 Å². The second kappa shape index (κ2) is 5.83. The van der Waals surface area contributed by atoms with Crippen molar-refractivity contribution in [1.29, 1.82) is 0 Å². The highest BCUT2D eigenvalue weighted by Crippen LogP contribution is 2.12. The van der Waals surface area contributed by atoms with Crippen molar-refractivity contribution < 1.29 is 9.21 Å². The molecule has 0 aliphatic heterocycles. The second-order valence-electron chi connectivity index (χ2n) is 4.93. The molecule has 3 rings (SSSR count). The van der Waals surface area contributed by atoms with E-state index in [1.54, 1.807) is 13.0 Å². The van der Waals surface area contributed by atoms with E-state index in [1.165, 1.54) is 6.26 Å². The van der Waals surface area contributed by atoms with Gasteiger partial charge in [0.25, 0.3) is 5.91 Å². The van der Waals surface area contributed by atoms with Crippen LogP contribution in [0.15, 0.2) is 47.3 Å². The molecule has 5 nitrogen and oxygen atoms in total. The summed E-state index contributed by atoms with van der Waals surface area (Å²) in [7, 11) is 0. The number of rotatable bonds is 5. The van der Waals surface area contributed by atoms with E-state index >= 15 is 0 Å². The summed E-state index contributed by atoms with van der Waals surface area (Å²) in [5.41, 5.74) is 2.72. The zero-order valence-corrected chi connectivity index (χ0v) is 11.9. The number of hydrogen-bond acceptors (Lipinski definition) is 3. The minimum atomic E-state index is -0.0864. The fourth-order valence-electron chi connectivity index (χ4n) is 2.36. The largest absolute Gasteiger partial charge is 0.469 e. The molecule has 5 heteroatoms. The lowest BCUT2D eigenvalue weighted by Crippen LogP contribution is -2.25. The number of carbonyl (C=O) groups is 1. The van der Waals surface area contributed by atoms with Crippen molar-refractivity contribution in [3.05, 3.63) is 54.2 Å². The molecule has 0 unspecified atom stereocenters. The summed E-state index contributed by atoms with van der Waals surface area (Å²) in [4.78, 5) is 16.3. The Hall–Kier alpha value is -2.56. The first kappa shape index (κ1) is 13.4. The Balaban J connectivity index is 1.53. The molecule has 1 N–H and O–H groups in total. The molecule has 0 saturated carbocycles. The predicted octanol–water partition coefficient (Wildman–Crippen LogP) is 2.76. The van der Waals surface area contributed by atoms with E-state index in [-0.39, 0.29) is 5.91 Å². The predicted molar refractivity (Wildman–Crippen MR) is 80.1 cm³/mol. The van der Waals surface area contributed by atoms with Gasteiger partial charge in [-0.2, -0.15) is 0 Å². The standard InChI is InChI=1S/C16H17N3O2/c1-12-13(7-10-21-12)16(20)17-8-4-9-19-11-18-14-5-2-3-6-15(14)19/h2-3,5-7,10-11H,4,8-9H2,1H3,(H,17,20). The average molecular weight is 283 g/mol. The minimum Gasteiger partial charge on any atom is -0.469 e. The van der Waals surface area contributed by atoms with Gasteiger partial charge in [-0.15, -0.1) is 0 Å². The van der Waals surface area contributed by atoms with Crippen LogP contribution in [0.4, 0.5) is 0 Å². The highest BCUT2D eigenvalue weighted by Gasteiger charge is 2.10. The zero-order valence-electron chi connectivity index (χ0n) is 11.9. The number of aromatic nitrogens is 2. The Kier molecular flexibility index (Phi) is 3.73. The molecule has 0 radical (unpaired) electrons. The van der Waals surface area contributed by atoms with E-state index in [1.807, 2.05) is 24.5 Å². The third-order valence-corrected chi connectivity index (χ3v) is 3.49. The van der Waals surface area contributed by atoms with Crippen molar-refractivity contribution in [2.24, 2.45) is 0 Å². The third kappa shape index (κ3) is 2.81. The fourth-order valence-corrected chi connectivity index (χ4v) is 2.36. The summed E-state index contributed by atoms with van der Waals surface area (Å²) >= 11 is 0. The van der Waals surface area contributed by atoms with Crippen LogP contribution in [0.1, 0.15) is 22.5 Å². The van der Waals surface area contributed by atoms with E-state index in [9.17, 15) is 4.79 Å². The number of carbonyl (C=O) groups excluding carboxylic acids is 1. The maximum atomic E-state index is 11.9. The van der Waals surface area contributed by atoms with Gasteiger partial charge in [0.15, 0.2) is 0 Å². The van der Waals surface area contributed by atoms with Gasteiger partial charge in [-0.25, -0.2) is 4.98 Å². The topological polar surface area (TPSA) is 60.1 Å². The summed E-state index contributed by atoms with van der Waals surface area (Å²) in [6, 6.07) is 9.72. The van der Waals surface area contributed by atoms with Gasteiger partial charge in [-0.1, -0.05) is 12.1 Å². The van der Waals surface area contributed by atoms with Crippen LogP contribution in [-0.4, -0.2) is 22.0 Å². The summed E-state index contributed by atoms with van der Waals surface area (Å²) in [5.74, 6) is 0.560. The Morgan fingerprint density at radius 1 is 1.33 bits per heavy atom. The molecule has 1 aromatic carbocycles. The smallest absolute Gasteiger partial charge is 0.254 e. The van der Waals surface area contributed by atoms with Crippen molar-refractivity contribution in [2.45, 2.75) is 19.9 Å². The molecule has 21 heavy (non-hydrogen) atoms. The molecule has 0 bridgehead atoms. The molecule has 1 amide bonds. The molecular weight excluding hydrogens is 266 g/mol. The van der Waals surface area contributed by atoms with Gasteiger partial charge in [0.1, 0.15) is 5.76 Å². The molecule has 2 heterocycles. The lowest BCUT2D eigenvalue weighted by atomic mass is 10.2. The number of aryl methyl sites for hydroxylation is 2. The molecular formula is C16H17N3O2. The van der Waals surface area contributed by atoms with Crippen molar-refractivity contribution in [1.82, 2.24) is 14.9 Å². The monoisotopic (exact) mass is 283 g/mol. The summed E-state index contributed by atoms with van der Waals surface area (Å²) in [5, 5.41) is 2.90. The number of amides is 1. The number of para-hydroxylation sites is 2. The maximum Gasteiger partial charge on any atom is 0.254 e. The van der Waals surface area contributed by atoms with Gasteiger partial charge in [0, 0.05) is 13.1 Å². The first-order valence-corrected chi connectivity index (χ1v) is 6.98. The van der Waals surface area contributed by atoms with Crippen molar-refractivity contribution in [2.75, 3.05) is 6.54 Å². The number of furan rings is 1. The zero-order chi connectivity index (χ0) is 14.7. The van der Waals surface area contributed by atoms with Crippen molar-refractivity contribution in [3.8, 4) is 0 Å². The van der Waals surface area contributed by atoms with Crippen molar-refractivity contribution >= 4 is 16.9 Å². The van der Waals surface area contributed by atoms with Crippen LogP contribution in [0.5, 0.6) is 0 Å². The highest BCUT2D eigenvalue weighted by atomic mass is 16.3. The average Bonchev–Trinajstić information content (AvgIpc) is 3.10. The molecule has 0 aliphatic rings. The Morgan fingerprint density at radius 2 is 2.19 bits per heavy atom. The number of fused-ring (bicyclic) bond motifs is 1. The van der Waals surface area contributed by atoms with Crippen LogP contribution in [0.2, 0.25) is 0 Å². The van der Waals surface area contributed by atoms with Gasteiger partial charge in [-0.3, -0.25) is 4.79 Å². The highest BCUT2D eigenvalue weighted by molar-refractivity contribution is 5.94. The van der Waals surface area contributed by atoms with Crippen LogP contribution in [0, 0.1) is 6.92 Å². The normalized spacial score (nSPS) is 10.9. The summed E-state index contributed by atoms with van der Waals surface area (Å²) in [6.07, 6.45) is 4.22. The fraction of sp³-hybridized carbons (Fsp3) is 0.250.